The van der Waals surface area contributed by atoms with Crippen molar-refractivity contribution in [3.05, 3.63) is 48.5 Å². The molecule has 1 aliphatic heterocycles. The Balaban J connectivity index is 1.92. The monoisotopic (exact) mass is 325 g/mol. The molecule has 0 amide bonds. The molecule has 0 fully saturated rings. The molecule has 24 heavy (non-hydrogen) atoms. The molecule has 1 aromatic carbocycles. The standard InChI is InChI=1S/C18H20BNO4/c1-3-22-17-6-5-13(8-18(17)23-4-2)14-7-15(11-20-10-14)16-9-19(21)24-12-16/h5-8,10-12,21H,3-4,9H2,1-2H3. The van der Waals surface area contributed by atoms with Crippen molar-refractivity contribution in [1.82, 2.24) is 4.98 Å². The summed E-state index contributed by atoms with van der Waals surface area (Å²) >= 11 is 0. The third kappa shape index (κ3) is 3.54. The average Bonchev–Trinajstić information content (AvgIpc) is 3.03. The summed E-state index contributed by atoms with van der Waals surface area (Å²) in [4.78, 5) is 4.31. The van der Waals surface area contributed by atoms with Crippen molar-refractivity contribution in [2.24, 2.45) is 0 Å². The van der Waals surface area contributed by atoms with Crippen LogP contribution >= 0.6 is 0 Å². The van der Waals surface area contributed by atoms with Crippen LogP contribution in [0.25, 0.3) is 16.7 Å². The SMILES string of the molecule is CCOc1ccc(-c2cncc(C3=COB(O)C3)c2)cc1OCC. The van der Waals surface area contributed by atoms with Crippen LogP contribution in [0.1, 0.15) is 19.4 Å². The highest BCUT2D eigenvalue weighted by molar-refractivity contribution is 6.47. The third-order valence-corrected chi connectivity index (χ3v) is 3.75. The lowest BCUT2D eigenvalue weighted by Crippen LogP contribution is -2.08. The van der Waals surface area contributed by atoms with Gasteiger partial charge in [-0.2, -0.15) is 0 Å². The van der Waals surface area contributed by atoms with E-state index < -0.39 is 7.12 Å². The lowest BCUT2D eigenvalue weighted by Gasteiger charge is -2.13. The Morgan fingerprint density at radius 3 is 2.50 bits per heavy atom. The predicted molar refractivity (Wildman–Crippen MR) is 93.9 cm³/mol. The molecule has 2 heterocycles. The number of rotatable bonds is 6. The number of pyridine rings is 1. The summed E-state index contributed by atoms with van der Waals surface area (Å²) in [6, 6.07) is 7.90. The Hall–Kier alpha value is -2.47. The van der Waals surface area contributed by atoms with Gasteiger partial charge in [-0.3, -0.25) is 4.98 Å². The van der Waals surface area contributed by atoms with E-state index in [0.29, 0.717) is 19.5 Å². The van der Waals surface area contributed by atoms with Crippen LogP contribution in [-0.2, 0) is 4.65 Å². The Morgan fingerprint density at radius 2 is 1.79 bits per heavy atom. The van der Waals surface area contributed by atoms with E-state index in [-0.39, 0.29) is 0 Å². The van der Waals surface area contributed by atoms with Crippen molar-refractivity contribution in [2.75, 3.05) is 13.2 Å². The summed E-state index contributed by atoms with van der Waals surface area (Å²) in [5.41, 5.74) is 3.85. The van der Waals surface area contributed by atoms with Gasteiger partial charge in [-0.05, 0) is 48.7 Å². The summed E-state index contributed by atoms with van der Waals surface area (Å²) in [7, 11) is -0.765. The molecule has 0 saturated heterocycles. The van der Waals surface area contributed by atoms with Gasteiger partial charge in [-0.1, -0.05) is 6.07 Å². The largest absolute Gasteiger partial charge is 0.542 e. The number of nitrogens with zero attached hydrogens (tertiary/aromatic N) is 1. The Bertz CT molecular complexity index is 748. The number of hydrogen-bond acceptors (Lipinski definition) is 5. The molecular weight excluding hydrogens is 305 g/mol. The maximum absolute atomic E-state index is 9.50. The van der Waals surface area contributed by atoms with Crippen molar-refractivity contribution < 1.29 is 19.2 Å². The Kier molecular flexibility index (Phi) is 5.06. The smallest absolute Gasteiger partial charge is 0.526 e. The minimum Gasteiger partial charge on any atom is -0.542 e. The van der Waals surface area contributed by atoms with E-state index in [2.05, 4.69) is 4.98 Å². The van der Waals surface area contributed by atoms with Crippen LogP contribution in [0, 0.1) is 0 Å². The third-order valence-electron chi connectivity index (χ3n) is 3.75. The molecule has 6 heteroatoms. The van der Waals surface area contributed by atoms with Crippen LogP contribution < -0.4 is 9.47 Å². The van der Waals surface area contributed by atoms with Crippen LogP contribution in [0.2, 0.25) is 6.32 Å². The zero-order valence-corrected chi connectivity index (χ0v) is 13.9. The van der Waals surface area contributed by atoms with E-state index in [1.54, 1.807) is 12.5 Å². The summed E-state index contributed by atoms with van der Waals surface area (Å²) in [6.45, 7) is 5.06. The number of hydrogen-bond donors (Lipinski definition) is 1. The molecule has 5 nitrogen and oxygen atoms in total. The van der Waals surface area contributed by atoms with Crippen molar-refractivity contribution in [2.45, 2.75) is 20.2 Å². The van der Waals surface area contributed by atoms with Crippen LogP contribution in [-0.4, -0.2) is 30.3 Å². The molecular formula is C18H20BNO4. The number of ether oxygens (including phenoxy) is 2. The van der Waals surface area contributed by atoms with Crippen molar-refractivity contribution in [3.63, 3.8) is 0 Å². The highest BCUT2D eigenvalue weighted by Crippen LogP contribution is 2.34. The van der Waals surface area contributed by atoms with Gasteiger partial charge in [0.25, 0.3) is 0 Å². The lowest BCUT2D eigenvalue weighted by atomic mass is 9.82. The molecule has 3 rings (SSSR count). The molecule has 0 spiro atoms. The predicted octanol–water partition coefficient (Wildman–Crippen LogP) is 3.40. The van der Waals surface area contributed by atoms with E-state index >= 15 is 0 Å². The normalized spacial score (nSPS) is 13.5. The summed E-state index contributed by atoms with van der Waals surface area (Å²) in [6.07, 6.45) is 5.64. The fourth-order valence-electron chi connectivity index (χ4n) is 2.64. The zero-order chi connectivity index (χ0) is 16.9. The maximum Gasteiger partial charge on any atom is 0.526 e. The quantitative estimate of drug-likeness (QED) is 0.825. The van der Waals surface area contributed by atoms with Crippen LogP contribution in [0.5, 0.6) is 11.5 Å². The summed E-state index contributed by atoms with van der Waals surface area (Å²) < 4.78 is 16.4. The van der Waals surface area contributed by atoms with E-state index in [0.717, 1.165) is 33.8 Å². The van der Waals surface area contributed by atoms with Gasteiger partial charge in [0.1, 0.15) is 0 Å². The van der Waals surface area contributed by atoms with Gasteiger partial charge in [-0.15, -0.1) is 0 Å². The molecule has 0 saturated carbocycles. The molecule has 0 bridgehead atoms. The molecule has 1 N–H and O–H groups in total. The van der Waals surface area contributed by atoms with E-state index in [1.165, 1.54) is 0 Å². The second-order valence-electron chi connectivity index (χ2n) is 5.43. The second kappa shape index (κ2) is 7.40. The molecule has 0 unspecified atom stereocenters. The first-order valence-corrected chi connectivity index (χ1v) is 8.09. The first kappa shape index (κ1) is 16.4. The topological polar surface area (TPSA) is 60.8 Å². The molecule has 1 aromatic heterocycles. The van der Waals surface area contributed by atoms with Crippen LogP contribution in [0.4, 0.5) is 0 Å². The van der Waals surface area contributed by atoms with E-state index in [4.69, 9.17) is 14.1 Å². The van der Waals surface area contributed by atoms with Crippen molar-refractivity contribution >= 4 is 12.7 Å². The van der Waals surface area contributed by atoms with Gasteiger partial charge in [0.15, 0.2) is 11.5 Å². The second-order valence-corrected chi connectivity index (χ2v) is 5.43. The van der Waals surface area contributed by atoms with E-state index in [1.807, 2.05) is 44.3 Å². The Morgan fingerprint density at radius 1 is 1.04 bits per heavy atom. The molecule has 0 atom stereocenters. The first-order chi connectivity index (χ1) is 11.7. The zero-order valence-electron chi connectivity index (χ0n) is 13.9. The summed E-state index contributed by atoms with van der Waals surface area (Å²) in [5, 5.41) is 9.50. The van der Waals surface area contributed by atoms with Gasteiger partial charge in [0.2, 0.25) is 0 Å². The maximum atomic E-state index is 9.50. The fourth-order valence-corrected chi connectivity index (χ4v) is 2.64. The van der Waals surface area contributed by atoms with E-state index in [9.17, 15) is 5.02 Å². The van der Waals surface area contributed by atoms with Gasteiger partial charge < -0.3 is 19.2 Å². The van der Waals surface area contributed by atoms with Gasteiger partial charge in [-0.25, -0.2) is 0 Å². The number of allylic oxidation sites excluding steroid dienone is 1. The highest BCUT2D eigenvalue weighted by Gasteiger charge is 2.24. The minimum absolute atomic E-state index is 0.471. The summed E-state index contributed by atoms with van der Waals surface area (Å²) in [5.74, 6) is 1.46. The molecule has 1 aliphatic rings. The molecule has 0 radical (unpaired) electrons. The lowest BCUT2D eigenvalue weighted by molar-refractivity contribution is 0.288. The fraction of sp³-hybridized carbons (Fsp3) is 0.278. The van der Waals surface area contributed by atoms with Crippen LogP contribution in [0.3, 0.4) is 0 Å². The Labute approximate surface area is 142 Å². The molecule has 124 valence electrons. The van der Waals surface area contributed by atoms with Gasteiger partial charge >= 0.3 is 7.12 Å². The van der Waals surface area contributed by atoms with Crippen molar-refractivity contribution in [1.29, 1.82) is 0 Å². The highest BCUT2D eigenvalue weighted by atomic mass is 16.5. The average molecular weight is 325 g/mol. The van der Waals surface area contributed by atoms with Gasteiger partial charge in [0, 0.05) is 24.3 Å². The molecule has 2 aromatic rings. The minimum atomic E-state index is -0.765. The van der Waals surface area contributed by atoms with Crippen molar-refractivity contribution in [3.8, 4) is 22.6 Å². The van der Waals surface area contributed by atoms with Gasteiger partial charge in [0.05, 0.1) is 19.5 Å². The molecule has 0 aliphatic carbocycles. The van der Waals surface area contributed by atoms with Crippen LogP contribution in [0.15, 0.2) is 42.9 Å². The number of aromatic nitrogens is 1. The first-order valence-electron chi connectivity index (χ1n) is 8.09. The number of benzene rings is 1.